The fourth-order valence-corrected chi connectivity index (χ4v) is 1.36. The third-order valence-electron chi connectivity index (χ3n) is 2.16. The first kappa shape index (κ1) is 10.9. The molecule has 2 aromatic rings. The van der Waals surface area contributed by atoms with Gasteiger partial charge in [0, 0.05) is 17.2 Å². The molecule has 0 bridgehead atoms. The lowest BCUT2D eigenvalue weighted by atomic mass is 10.1. The Hall–Kier alpha value is -2.63. The number of carbonyl (C=O) groups excluding carboxylic acids is 1. The van der Waals surface area contributed by atoms with Crippen molar-refractivity contribution in [3.05, 3.63) is 35.5 Å². The Morgan fingerprint density at radius 1 is 1.35 bits per heavy atom. The van der Waals surface area contributed by atoms with Crippen LogP contribution in [0.2, 0.25) is 0 Å². The van der Waals surface area contributed by atoms with Gasteiger partial charge in [-0.3, -0.25) is 4.79 Å². The third kappa shape index (κ3) is 2.00. The average molecular weight is 233 g/mol. The molecule has 2 N–H and O–H groups in total. The minimum absolute atomic E-state index is 0.0566. The Balaban J connectivity index is 2.54. The zero-order chi connectivity index (χ0) is 12.4. The molecule has 17 heavy (non-hydrogen) atoms. The molecule has 6 heteroatoms. The number of aromatic carboxylic acids is 1. The molecule has 0 fully saturated rings. The smallest absolute Gasteiger partial charge is 0.358 e. The molecule has 0 spiro atoms. The minimum atomic E-state index is -1.23. The Morgan fingerprint density at radius 2 is 2.12 bits per heavy atom. The van der Waals surface area contributed by atoms with Crippen LogP contribution in [-0.4, -0.2) is 27.6 Å². The molecule has 1 aromatic carbocycles. The van der Waals surface area contributed by atoms with Gasteiger partial charge in [-0.05, 0) is 18.2 Å². The predicted octanol–water partition coefficient (Wildman–Crippen LogP) is 1.56. The Labute approximate surface area is 95.1 Å². The number of aromatic nitrogens is 1. The summed E-state index contributed by atoms with van der Waals surface area (Å²) < 4.78 is 4.81. The van der Waals surface area contributed by atoms with Gasteiger partial charge in [0.05, 0.1) is 0 Å². The van der Waals surface area contributed by atoms with Crippen LogP contribution in [0.3, 0.4) is 0 Å². The summed E-state index contributed by atoms with van der Waals surface area (Å²) in [5.74, 6) is -1.17. The van der Waals surface area contributed by atoms with Crippen LogP contribution in [0.1, 0.15) is 20.8 Å². The van der Waals surface area contributed by atoms with E-state index < -0.39 is 5.97 Å². The first-order valence-electron chi connectivity index (χ1n) is 4.60. The van der Waals surface area contributed by atoms with E-state index in [9.17, 15) is 14.7 Å². The first-order chi connectivity index (χ1) is 8.11. The number of nitrogens with zero attached hydrogens (tertiary/aromatic N) is 1. The second kappa shape index (κ2) is 4.09. The maximum absolute atomic E-state index is 10.8. The lowest BCUT2D eigenvalue weighted by Gasteiger charge is -2.00. The van der Waals surface area contributed by atoms with Crippen LogP contribution in [0.15, 0.2) is 28.8 Å². The summed E-state index contributed by atoms with van der Waals surface area (Å²) in [6.45, 7) is 0. The monoisotopic (exact) mass is 233 g/mol. The van der Waals surface area contributed by atoms with Crippen LogP contribution in [0, 0.1) is 0 Å². The van der Waals surface area contributed by atoms with Crippen molar-refractivity contribution in [1.82, 2.24) is 5.16 Å². The van der Waals surface area contributed by atoms with Crippen LogP contribution < -0.4 is 0 Å². The topological polar surface area (TPSA) is 101 Å². The molecular formula is C11H7NO5. The van der Waals surface area contributed by atoms with Gasteiger partial charge in [-0.2, -0.15) is 0 Å². The summed E-state index contributed by atoms with van der Waals surface area (Å²) in [6.07, 6.45) is 0.581. The molecule has 0 radical (unpaired) electrons. The lowest BCUT2D eigenvalue weighted by Crippen LogP contribution is -1.94. The molecule has 86 valence electrons. The molecule has 0 saturated heterocycles. The molecule has 6 nitrogen and oxygen atoms in total. The summed E-state index contributed by atoms with van der Waals surface area (Å²) >= 11 is 0. The number of phenols is 1. The van der Waals surface area contributed by atoms with Gasteiger partial charge in [0.2, 0.25) is 0 Å². The fourth-order valence-electron chi connectivity index (χ4n) is 1.36. The molecule has 0 aliphatic carbocycles. The highest BCUT2D eigenvalue weighted by Crippen LogP contribution is 2.27. The van der Waals surface area contributed by atoms with E-state index in [1.165, 1.54) is 24.3 Å². The van der Waals surface area contributed by atoms with Gasteiger partial charge in [0.1, 0.15) is 5.75 Å². The van der Waals surface area contributed by atoms with Crippen molar-refractivity contribution in [3.8, 4) is 17.1 Å². The van der Waals surface area contributed by atoms with Crippen molar-refractivity contribution >= 4 is 12.3 Å². The van der Waals surface area contributed by atoms with Gasteiger partial charge in [-0.1, -0.05) is 5.16 Å². The van der Waals surface area contributed by atoms with E-state index in [2.05, 4.69) is 5.16 Å². The summed E-state index contributed by atoms with van der Waals surface area (Å²) in [5, 5.41) is 21.3. The zero-order valence-electron chi connectivity index (χ0n) is 8.45. The molecule has 1 heterocycles. The summed E-state index contributed by atoms with van der Waals surface area (Å²) in [4.78, 5) is 21.4. The molecule has 0 saturated carbocycles. The molecule has 2 rings (SSSR count). The highest BCUT2D eigenvalue weighted by Gasteiger charge is 2.15. The molecule has 0 unspecified atom stereocenters. The summed E-state index contributed by atoms with van der Waals surface area (Å²) in [5.41, 5.74) is 0.302. The number of aromatic hydroxyl groups is 1. The number of benzene rings is 1. The molecule has 0 amide bonds. The normalized spacial score (nSPS) is 10.1. The van der Waals surface area contributed by atoms with Crippen molar-refractivity contribution in [2.75, 3.05) is 0 Å². The number of hydrogen-bond donors (Lipinski definition) is 2. The number of carbonyl (C=O) groups is 2. The number of aldehydes is 1. The van der Waals surface area contributed by atoms with Crippen molar-refractivity contribution in [1.29, 1.82) is 0 Å². The van der Waals surface area contributed by atoms with Crippen LogP contribution in [-0.2, 0) is 0 Å². The quantitative estimate of drug-likeness (QED) is 0.780. The highest BCUT2D eigenvalue weighted by atomic mass is 16.5. The van der Waals surface area contributed by atoms with Crippen LogP contribution in [0.25, 0.3) is 11.3 Å². The minimum Gasteiger partial charge on any atom is -0.508 e. The van der Waals surface area contributed by atoms with E-state index in [1.807, 2.05) is 0 Å². The molecule has 0 aliphatic rings. The summed E-state index contributed by atoms with van der Waals surface area (Å²) in [6, 6.07) is 5.24. The SMILES string of the molecule is O=Cc1ccc(O)cc1-c1cc(C(=O)O)no1. The number of rotatable bonds is 3. The first-order valence-corrected chi connectivity index (χ1v) is 4.60. The van der Waals surface area contributed by atoms with E-state index in [4.69, 9.17) is 9.63 Å². The number of phenolic OH excluding ortho intramolecular Hbond substituents is 1. The van der Waals surface area contributed by atoms with Crippen molar-refractivity contribution in [2.24, 2.45) is 0 Å². The second-order valence-corrected chi connectivity index (χ2v) is 3.27. The van der Waals surface area contributed by atoms with Gasteiger partial charge in [-0.25, -0.2) is 4.79 Å². The molecule has 0 aliphatic heterocycles. The van der Waals surface area contributed by atoms with Crippen LogP contribution in [0.5, 0.6) is 5.75 Å². The Bertz CT molecular complexity index is 587. The highest BCUT2D eigenvalue weighted by molar-refractivity contribution is 5.90. The number of carboxylic acid groups (broad SMARTS) is 1. The largest absolute Gasteiger partial charge is 0.508 e. The van der Waals surface area contributed by atoms with Crippen molar-refractivity contribution in [2.45, 2.75) is 0 Å². The molecular weight excluding hydrogens is 226 g/mol. The van der Waals surface area contributed by atoms with E-state index in [1.54, 1.807) is 0 Å². The van der Waals surface area contributed by atoms with Gasteiger partial charge in [0.15, 0.2) is 17.7 Å². The van der Waals surface area contributed by atoms with E-state index in [-0.39, 0.29) is 22.8 Å². The predicted molar refractivity (Wildman–Crippen MR) is 56.0 cm³/mol. The van der Waals surface area contributed by atoms with Gasteiger partial charge >= 0.3 is 5.97 Å². The maximum atomic E-state index is 10.8. The van der Waals surface area contributed by atoms with Gasteiger partial charge < -0.3 is 14.7 Å². The number of carboxylic acids is 1. The second-order valence-electron chi connectivity index (χ2n) is 3.27. The third-order valence-corrected chi connectivity index (χ3v) is 2.16. The molecule has 0 atom stereocenters. The van der Waals surface area contributed by atoms with Crippen LogP contribution >= 0.6 is 0 Å². The molecule has 1 aromatic heterocycles. The zero-order valence-corrected chi connectivity index (χ0v) is 8.45. The average Bonchev–Trinajstić information content (AvgIpc) is 2.78. The maximum Gasteiger partial charge on any atom is 0.358 e. The van der Waals surface area contributed by atoms with Gasteiger partial charge in [0.25, 0.3) is 0 Å². The van der Waals surface area contributed by atoms with E-state index in [0.29, 0.717) is 11.8 Å². The van der Waals surface area contributed by atoms with Crippen LogP contribution in [0.4, 0.5) is 0 Å². The van der Waals surface area contributed by atoms with Crippen molar-refractivity contribution < 1.29 is 24.3 Å². The Kier molecular flexibility index (Phi) is 2.61. The van der Waals surface area contributed by atoms with Crippen molar-refractivity contribution in [3.63, 3.8) is 0 Å². The van der Waals surface area contributed by atoms with E-state index >= 15 is 0 Å². The lowest BCUT2D eigenvalue weighted by molar-refractivity contribution is 0.0685. The number of hydrogen-bond acceptors (Lipinski definition) is 5. The fraction of sp³-hybridized carbons (Fsp3) is 0. The Morgan fingerprint density at radius 3 is 2.71 bits per heavy atom. The standard InChI is InChI=1S/C11H7NO5/c13-5-6-1-2-7(14)3-8(6)10-4-9(11(15)16)12-17-10/h1-5,14H,(H,15,16). The van der Waals surface area contributed by atoms with Gasteiger partial charge in [-0.15, -0.1) is 0 Å². The summed E-state index contributed by atoms with van der Waals surface area (Å²) in [7, 11) is 0. The van der Waals surface area contributed by atoms with E-state index in [0.717, 1.165) is 0 Å².